The van der Waals surface area contributed by atoms with Crippen LogP contribution in [0.1, 0.15) is 17.3 Å². The van der Waals surface area contributed by atoms with Gasteiger partial charge in [0.25, 0.3) is 5.91 Å². The number of aryl methyl sites for hydroxylation is 1. The minimum Gasteiger partial charge on any atom is -0.486 e. The van der Waals surface area contributed by atoms with Crippen molar-refractivity contribution in [1.82, 2.24) is 4.57 Å². The molecular formula is C18H14Cl2N2O3S. The number of hydrogen-bond acceptors (Lipinski definition) is 4. The molecule has 5 nitrogen and oxygen atoms in total. The average Bonchev–Trinajstić information content (AvgIpc) is 2.97. The van der Waals surface area contributed by atoms with E-state index in [0.29, 0.717) is 46.1 Å². The van der Waals surface area contributed by atoms with Crippen molar-refractivity contribution in [3.63, 3.8) is 0 Å². The number of halogens is 2. The summed E-state index contributed by atoms with van der Waals surface area (Å²) in [5.41, 5.74) is 1.23. The van der Waals surface area contributed by atoms with E-state index >= 15 is 0 Å². The van der Waals surface area contributed by atoms with Crippen molar-refractivity contribution in [2.24, 2.45) is 4.99 Å². The van der Waals surface area contributed by atoms with Crippen molar-refractivity contribution in [3.8, 4) is 11.5 Å². The fraction of sp³-hybridized carbons (Fsp3) is 0.222. The van der Waals surface area contributed by atoms with Crippen LogP contribution in [-0.2, 0) is 6.54 Å². The van der Waals surface area contributed by atoms with Gasteiger partial charge in [-0.15, -0.1) is 0 Å². The van der Waals surface area contributed by atoms with Crippen LogP contribution < -0.4 is 14.3 Å². The van der Waals surface area contributed by atoms with E-state index in [1.807, 2.05) is 23.6 Å². The van der Waals surface area contributed by atoms with Crippen molar-refractivity contribution in [2.75, 3.05) is 13.2 Å². The van der Waals surface area contributed by atoms with Crippen LogP contribution in [0.15, 0.2) is 35.3 Å². The molecule has 0 atom stereocenters. The molecule has 1 aliphatic rings. The number of ether oxygens (including phenoxy) is 2. The van der Waals surface area contributed by atoms with Gasteiger partial charge < -0.3 is 14.0 Å². The molecule has 3 aromatic rings. The van der Waals surface area contributed by atoms with Gasteiger partial charge in [-0.3, -0.25) is 4.79 Å². The van der Waals surface area contributed by atoms with E-state index < -0.39 is 5.91 Å². The highest BCUT2D eigenvalue weighted by atomic mass is 35.5. The number of nitrogens with zero attached hydrogens (tertiary/aromatic N) is 2. The van der Waals surface area contributed by atoms with Crippen LogP contribution in [-0.4, -0.2) is 23.7 Å². The maximum absolute atomic E-state index is 12.6. The van der Waals surface area contributed by atoms with Crippen LogP contribution in [0.25, 0.3) is 10.2 Å². The molecule has 1 aliphatic heterocycles. The maximum Gasteiger partial charge on any atom is 0.281 e. The normalized spacial score (nSPS) is 14.0. The summed E-state index contributed by atoms with van der Waals surface area (Å²) in [4.78, 5) is 17.5. The number of rotatable bonds is 2. The lowest BCUT2D eigenvalue weighted by atomic mass is 10.2. The van der Waals surface area contributed by atoms with Crippen molar-refractivity contribution in [1.29, 1.82) is 0 Å². The topological polar surface area (TPSA) is 52.8 Å². The van der Waals surface area contributed by atoms with Gasteiger partial charge in [-0.05, 0) is 25.1 Å². The lowest BCUT2D eigenvalue weighted by Gasteiger charge is -2.18. The van der Waals surface area contributed by atoms with E-state index in [1.54, 1.807) is 12.1 Å². The quantitative estimate of drug-likeness (QED) is 0.625. The minimum atomic E-state index is -0.427. The molecule has 134 valence electrons. The van der Waals surface area contributed by atoms with Crippen LogP contribution in [0.5, 0.6) is 11.5 Å². The van der Waals surface area contributed by atoms with E-state index in [0.717, 1.165) is 10.2 Å². The van der Waals surface area contributed by atoms with E-state index in [2.05, 4.69) is 4.99 Å². The van der Waals surface area contributed by atoms with Crippen molar-refractivity contribution < 1.29 is 14.3 Å². The van der Waals surface area contributed by atoms with Crippen LogP contribution >= 0.6 is 34.5 Å². The predicted octanol–water partition coefficient (Wildman–Crippen LogP) is 4.54. The summed E-state index contributed by atoms with van der Waals surface area (Å²) in [6.07, 6.45) is 0. The summed E-state index contributed by atoms with van der Waals surface area (Å²) in [7, 11) is 0. The Morgan fingerprint density at radius 3 is 2.65 bits per heavy atom. The fourth-order valence-electron chi connectivity index (χ4n) is 2.81. The number of fused-ring (bicyclic) bond motifs is 2. The van der Waals surface area contributed by atoms with Gasteiger partial charge in [-0.1, -0.05) is 34.5 Å². The first-order valence-electron chi connectivity index (χ1n) is 8.04. The zero-order chi connectivity index (χ0) is 18.3. The molecule has 26 heavy (non-hydrogen) atoms. The van der Waals surface area contributed by atoms with Gasteiger partial charge in [0.1, 0.15) is 13.2 Å². The maximum atomic E-state index is 12.6. The average molecular weight is 409 g/mol. The third kappa shape index (κ3) is 3.09. The number of hydrogen-bond donors (Lipinski definition) is 0. The molecule has 2 heterocycles. The van der Waals surface area contributed by atoms with Gasteiger partial charge in [0.15, 0.2) is 16.3 Å². The third-order valence-corrected chi connectivity index (χ3v) is 5.62. The van der Waals surface area contributed by atoms with Crippen LogP contribution in [0.3, 0.4) is 0 Å². The summed E-state index contributed by atoms with van der Waals surface area (Å²) in [6, 6.07) is 8.61. The van der Waals surface area contributed by atoms with E-state index in [-0.39, 0.29) is 5.56 Å². The van der Waals surface area contributed by atoms with Gasteiger partial charge in [0.2, 0.25) is 0 Å². The van der Waals surface area contributed by atoms with Gasteiger partial charge >= 0.3 is 0 Å². The van der Waals surface area contributed by atoms with E-state index in [1.165, 1.54) is 17.4 Å². The molecular weight excluding hydrogens is 395 g/mol. The van der Waals surface area contributed by atoms with Crippen molar-refractivity contribution >= 4 is 50.7 Å². The predicted molar refractivity (Wildman–Crippen MR) is 103 cm³/mol. The molecule has 4 rings (SSSR count). The van der Waals surface area contributed by atoms with E-state index in [9.17, 15) is 4.79 Å². The minimum absolute atomic E-state index is 0.283. The van der Waals surface area contributed by atoms with Gasteiger partial charge in [-0.2, -0.15) is 4.99 Å². The SMILES string of the molecule is CCn1c(=NC(=O)c2cc(Cl)ccc2Cl)sc2cc3c(cc21)OCCO3. The van der Waals surface area contributed by atoms with Gasteiger partial charge in [0.05, 0.1) is 20.8 Å². The van der Waals surface area contributed by atoms with Crippen molar-refractivity contribution in [3.05, 3.63) is 50.7 Å². The molecule has 8 heteroatoms. The summed E-state index contributed by atoms with van der Waals surface area (Å²) in [6.45, 7) is 3.71. The van der Waals surface area contributed by atoms with Crippen molar-refractivity contribution in [2.45, 2.75) is 13.5 Å². The summed E-state index contributed by atoms with van der Waals surface area (Å²) >= 11 is 13.5. The highest BCUT2D eigenvalue weighted by Gasteiger charge is 2.17. The summed E-state index contributed by atoms with van der Waals surface area (Å²) in [5.74, 6) is 0.993. The molecule has 0 bridgehead atoms. The fourth-order valence-corrected chi connectivity index (χ4v) is 4.28. The molecule has 0 radical (unpaired) electrons. The highest BCUT2D eigenvalue weighted by molar-refractivity contribution is 7.16. The first kappa shape index (κ1) is 17.4. The Labute approximate surface area is 163 Å². The second-order valence-corrected chi connectivity index (χ2v) is 7.49. The van der Waals surface area contributed by atoms with Crippen LogP contribution in [0.2, 0.25) is 10.0 Å². The number of carbonyl (C=O) groups excluding carboxylic acids is 1. The van der Waals surface area contributed by atoms with Gasteiger partial charge in [0, 0.05) is 23.7 Å². The number of carbonyl (C=O) groups is 1. The standard InChI is InChI=1S/C18H14Cl2N2O3S/c1-2-22-13-8-14-15(25-6-5-24-14)9-16(13)26-18(22)21-17(23)11-7-10(19)3-4-12(11)20/h3-4,7-9H,2,5-6H2,1H3. The second-order valence-electron chi connectivity index (χ2n) is 5.63. The molecule has 0 fully saturated rings. The number of amides is 1. The molecule has 1 amide bonds. The Morgan fingerprint density at radius 1 is 1.19 bits per heavy atom. The van der Waals surface area contributed by atoms with Crippen LogP contribution in [0.4, 0.5) is 0 Å². The first-order valence-corrected chi connectivity index (χ1v) is 9.61. The largest absolute Gasteiger partial charge is 0.486 e. The molecule has 0 spiro atoms. The monoisotopic (exact) mass is 408 g/mol. The molecule has 2 aromatic carbocycles. The molecule has 0 N–H and O–H groups in total. The molecule has 0 unspecified atom stereocenters. The summed E-state index contributed by atoms with van der Waals surface area (Å²) < 4.78 is 14.2. The summed E-state index contributed by atoms with van der Waals surface area (Å²) in [5, 5.41) is 0.763. The molecule has 0 aliphatic carbocycles. The Morgan fingerprint density at radius 2 is 1.92 bits per heavy atom. The third-order valence-electron chi connectivity index (χ3n) is 4.02. The Kier molecular flexibility index (Phi) is 4.65. The second kappa shape index (κ2) is 6.95. The zero-order valence-electron chi connectivity index (χ0n) is 13.8. The first-order chi connectivity index (χ1) is 12.6. The number of thiazole rings is 1. The zero-order valence-corrected chi connectivity index (χ0v) is 16.1. The smallest absolute Gasteiger partial charge is 0.281 e. The Bertz CT molecular complexity index is 1090. The molecule has 0 saturated heterocycles. The van der Waals surface area contributed by atoms with E-state index in [4.69, 9.17) is 32.7 Å². The molecule has 1 aromatic heterocycles. The molecule has 0 saturated carbocycles. The lowest BCUT2D eigenvalue weighted by molar-refractivity contribution is 0.0998. The Hall–Kier alpha value is -2.02. The number of aromatic nitrogens is 1. The lowest BCUT2D eigenvalue weighted by Crippen LogP contribution is -2.17. The number of benzene rings is 2. The van der Waals surface area contributed by atoms with Crippen LogP contribution in [0, 0.1) is 0 Å². The van der Waals surface area contributed by atoms with Gasteiger partial charge in [-0.25, -0.2) is 0 Å². The highest BCUT2D eigenvalue weighted by Crippen LogP contribution is 2.35. The Balaban J connectivity index is 1.86.